The van der Waals surface area contributed by atoms with E-state index in [9.17, 15) is 14.7 Å². The molecule has 1 atom stereocenters. The first-order chi connectivity index (χ1) is 18.4. The molecule has 4 N–H and O–H groups in total. The number of carbonyl (C=O) groups excluding carboxylic acids is 2. The maximum absolute atomic E-state index is 13.7. The van der Waals surface area contributed by atoms with Gasteiger partial charge in [0.25, 0.3) is 0 Å². The van der Waals surface area contributed by atoms with Gasteiger partial charge in [-0.1, -0.05) is 0 Å². The highest BCUT2D eigenvalue weighted by molar-refractivity contribution is 5.95. The smallest absolute Gasteiger partial charge is 0.320 e. The molecule has 0 amide bonds. The number of aliphatic hydroxyl groups excluding tert-OH is 1. The molecule has 0 aromatic heterocycles. The molecule has 9 nitrogen and oxygen atoms in total. The topological polar surface area (TPSA) is 118 Å². The van der Waals surface area contributed by atoms with E-state index in [1.54, 1.807) is 0 Å². The first-order valence-corrected chi connectivity index (χ1v) is 15.5. The summed E-state index contributed by atoms with van der Waals surface area (Å²) in [6.45, 7) is 25.1. The predicted molar refractivity (Wildman–Crippen MR) is 160 cm³/mol. The van der Waals surface area contributed by atoms with Crippen LogP contribution in [0, 0.1) is 5.92 Å². The van der Waals surface area contributed by atoms with Gasteiger partial charge in [-0.2, -0.15) is 0 Å². The Hall–Kier alpha value is -1.26. The van der Waals surface area contributed by atoms with Crippen molar-refractivity contribution in [1.82, 2.24) is 16.0 Å². The van der Waals surface area contributed by atoms with Crippen molar-refractivity contribution in [2.75, 3.05) is 0 Å². The van der Waals surface area contributed by atoms with E-state index in [1.165, 1.54) is 0 Å². The van der Waals surface area contributed by atoms with Crippen molar-refractivity contribution in [1.29, 1.82) is 0 Å². The highest BCUT2D eigenvalue weighted by Crippen LogP contribution is 2.35. The lowest BCUT2D eigenvalue weighted by atomic mass is 9.80. The second-order valence-corrected chi connectivity index (χ2v) is 17.0. The van der Waals surface area contributed by atoms with E-state index in [0.29, 0.717) is 38.5 Å². The third-order valence-corrected chi connectivity index (χ3v) is 8.38. The number of aliphatic hydroxyl groups is 1. The van der Waals surface area contributed by atoms with Crippen LogP contribution in [0.5, 0.6) is 0 Å². The van der Waals surface area contributed by atoms with E-state index in [0.717, 1.165) is 0 Å². The number of hydrogen-bond donors (Lipinski definition) is 4. The van der Waals surface area contributed by atoms with Crippen LogP contribution in [0.25, 0.3) is 0 Å². The van der Waals surface area contributed by atoms with Crippen LogP contribution in [-0.4, -0.2) is 74.9 Å². The Morgan fingerprint density at radius 2 is 0.854 bits per heavy atom. The van der Waals surface area contributed by atoms with E-state index in [2.05, 4.69) is 99.0 Å². The normalized spacial score (nSPS) is 28.1. The third-order valence-electron chi connectivity index (χ3n) is 8.38. The fourth-order valence-corrected chi connectivity index (χ4v) is 8.21. The van der Waals surface area contributed by atoms with Crippen molar-refractivity contribution in [3.8, 4) is 0 Å². The van der Waals surface area contributed by atoms with Gasteiger partial charge in [0.05, 0.1) is 6.10 Å². The molecule has 0 aliphatic carbocycles. The first kappa shape index (κ1) is 34.2. The van der Waals surface area contributed by atoms with Crippen LogP contribution in [-0.2, 0) is 23.8 Å². The Labute approximate surface area is 248 Å². The second kappa shape index (κ2) is 11.7. The van der Waals surface area contributed by atoms with Crippen LogP contribution < -0.4 is 16.0 Å². The number of nitrogens with one attached hydrogen (secondary N) is 3. The lowest BCUT2D eigenvalue weighted by Crippen LogP contribution is -2.60. The molecule has 3 fully saturated rings. The van der Waals surface area contributed by atoms with Crippen molar-refractivity contribution in [3.05, 3.63) is 0 Å². The van der Waals surface area contributed by atoms with Crippen molar-refractivity contribution in [3.63, 3.8) is 0 Å². The molecule has 0 aromatic rings. The van der Waals surface area contributed by atoms with Gasteiger partial charge in [0, 0.05) is 65.3 Å². The van der Waals surface area contributed by atoms with E-state index < -0.39 is 24.1 Å². The minimum atomic E-state index is -1.31. The highest BCUT2D eigenvalue weighted by atomic mass is 16.6. The molecule has 0 aromatic carbocycles. The number of hydrogen-bond acceptors (Lipinski definition) is 9. The number of carbonyl (C=O) groups is 2. The fourth-order valence-electron chi connectivity index (χ4n) is 8.21. The molecule has 3 aliphatic heterocycles. The summed E-state index contributed by atoms with van der Waals surface area (Å²) in [6, 6.07) is 0. The van der Waals surface area contributed by atoms with Gasteiger partial charge < -0.3 is 35.3 Å². The van der Waals surface area contributed by atoms with Crippen LogP contribution in [0.2, 0.25) is 0 Å². The van der Waals surface area contributed by atoms with E-state index in [1.807, 2.05) is 0 Å². The van der Waals surface area contributed by atoms with Gasteiger partial charge in [-0.15, -0.1) is 0 Å². The molecule has 0 spiro atoms. The van der Waals surface area contributed by atoms with Crippen LogP contribution in [0.1, 0.15) is 128 Å². The van der Waals surface area contributed by atoms with E-state index in [4.69, 9.17) is 14.2 Å². The Morgan fingerprint density at radius 1 is 0.585 bits per heavy atom. The van der Waals surface area contributed by atoms with Crippen molar-refractivity contribution in [2.45, 2.75) is 186 Å². The summed E-state index contributed by atoms with van der Waals surface area (Å²) < 4.78 is 18.1. The van der Waals surface area contributed by atoms with E-state index in [-0.39, 0.29) is 58.0 Å². The maximum atomic E-state index is 13.7. The Bertz CT molecular complexity index is 857. The first-order valence-electron chi connectivity index (χ1n) is 15.5. The zero-order valence-electron chi connectivity index (χ0n) is 27.8. The summed E-state index contributed by atoms with van der Waals surface area (Å²) >= 11 is 0. The molecule has 9 heteroatoms. The van der Waals surface area contributed by atoms with Crippen LogP contribution in [0.15, 0.2) is 0 Å². The van der Waals surface area contributed by atoms with Crippen LogP contribution >= 0.6 is 0 Å². The van der Waals surface area contributed by atoms with Gasteiger partial charge in [0.1, 0.15) is 12.2 Å². The Kier molecular flexibility index (Phi) is 9.75. The molecular formula is C32H59N3O6. The summed E-state index contributed by atoms with van der Waals surface area (Å²) in [4.78, 5) is 27.3. The highest BCUT2D eigenvalue weighted by Gasteiger charge is 2.45. The monoisotopic (exact) mass is 581 g/mol. The average molecular weight is 582 g/mol. The molecular weight excluding hydrogens is 522 g/mol. The Balaban J connectivity index is 1.76. The third kappa shape index (κ3) is 10.4. The summed E-state index contributed by atoms with van der Waals surface area (Å²) in [7, 11) is 0. The molecule has 0 radical (unpaired) electrons. The number of piperidine rings is 3. The lowest BCUT2D eigenvalue weighted by molar-refractivity contribution is -0.189. The van der Waals surface area contributed by atoms with Gasteiger partial charge in [-0.05, 0) is 95.9 Å². The van der Waals surface area contributed by atoms with Crippen molar-refractivity contribution >= 4 is 11.9 Å². The van der Waals surface area contributed by atoms with Gasteiger partial charge in [0.2, 0.25) is 0 Å². The number of ether oxygens (including phenoxy) is 3. The minimum Gasteiger partial charge on any atom is -0.462 e. The molecule has 3 saturated heterocycles. The van der Waals surface area contributed by atoms with E-state index >= 15 is 0 Å². The number of esters is 2. The molecule has 0 bridgehead atoms. The molecule has 0 saturated carbocycles. The predicted octanol–water partition coefficient (Wildman–Crippen LogP) is 4.34. The fraction of sp³-hybridized carbons (Fsp3) is 0.938. The van der Waals surface area contributed by atoms with Crippen molar-refractivity contribution < 1.29 is 28.9 Å². The second-order valence-electron chi connectivity index (χ2n) is 17.0. The largest absolute Gasteiger partial charge is 0.462 e. The summed E-state index contributed by atoms with van der Waals surface area (Å²) in [5, 5.41) is 21.9. The SMILES string of the molecule is CC1(C)CC(OC(=O)C(CC(O)OC2CC(C)(C)NC(C)(C)C2)C(=O)OC2CC(C)(C)NC(C)(C)C2)CC(C)(C)N1. The van der Waals surface area contributed by atoms with Gasteiger partial charge in [-0.3, -0.25) is 9.59 Å². The van der Waals surface area contributed by atoms with Gasteiger partial charge in [0.15, 0.2) is 12.2 Å². The van der Waals surface area contributed by atoms with Gasteiger partial charge in [-0.25, -0.2) is 0 Å². The molecule has 3 heterocycles. The summed E-state index contributed by atoms with van der Waals surface area (Å²) in [5.74, 6) is -2.60. The molecule has 41 heavy (non-hydrogen) atoms. The number of rotatable bonds is 8. The maximum Gasteiger partial charge on any atom is 0.320 e. The minimum absolute atomic E-state index is 0.174. The van der Waals surface area contributed by atoms with Crippen molar-refractivity contribution in [2.24, 2.45) is 5.92 Å². The summed E-state index contributed by atoms with van der Waals surface area (Å²) in [5.41, 5.74) is -1.27. The average Bonchev–Trinajstić information content (AvgIpc) is 2.64. The zero-order chi connectivity index (χ0) is 31.2. The zero-order valence-corrected chi connectivity index (χ0v) is 27.8. The lowest BCUT2D eigenvalue weighted by Gasteiger charge is -2.47. The van der Waals surface area contributed by atoms with Crippen LogP contribution in [0.4, 0.5) is 0 Å². The molecule has 1 unspecified atom stereocenters. The molecule has 3 rings (SSSR count). The molecule has 3 aliphatic rings. The summed E-state index contributed by atoms with van der Waals surface area (Å²) in [6.07, 6.45) is 1.44. The van der Waals surface area contributed by atoms with Gasteiger partial charge >= 0.3 is 11.9 Å². The molecule has 238 valence electrons. The standard InChI is InChI=1S/C32H59N3O6/c1-27(2)14-20(15-28(3,4)33-27)39-24(36)13-23(25(37)40-21-16-29(5,6)34-30(7,8)17-21)26(38)41-22-18-31(9,10)35-32(11,12)19-22/h20-24,33-36H,13-19H2,1-12H3. The Morgan fingerprint density at radius 3 is 1.15 bits per heavy atom. The quantitative estimate of drug-likeness (QED) is 0.189. The van der Waals surface area contributed by atoms with Crippen LogP contribution in [0.3, 0.4) is 0 Å².